The normalized spacial score (nSPS) is 15.5. The number of anilines is 2. The van der Waals surface area contributed by atoms with Crippen LogP contribution in [-0.4, -0.2) is 73.0 Å². The summed E-state index contributed by atoms with van der Waals surface area (Å²) in [5.74, 6) is -5.04. The van der Waals surface area contributed by atoms with Crippen LogP contribution in [0.15, 0.2) is 89.4 Å². The van der Waals surface area contributed by atoms with Gasteiger partial charge in [0.25, 0.3) is 11.8 Å². The molecule has 6 aromatic rings. The van der Waals surface area contributed by atoms with Crippen molar-refractivity contribution in [2.75, 3.05) is 10.6 Å². The van der Waals surface area contributed by atoms with Crippen LogP contribution >= 0.6 is 15.9 Å². The third kappa shape index (κ3) is 9.89. The fraction of sp³-hybridized carbons (Fsp3) is 0.200. The van der Waals surface area contributed by atoms with Crippen molar-refractivity contribution in [3.05, 3.63) is 124 Å². The average Bonchev–Trinajstić information content (AvgIpc) is 3.64. The standard InChI is InChI=1S/C20H14F5N3O3.C12H13BFN3O3.C8H3BrF4O2/c1-10-16(17(21)28(2)27-10)18(29)26-13-6-4-3-5-12(13)11-7-8-14-15(9-11)31-20(24,25)19(22,23)30-14;1-7-10(11(14)17(2)16-7)12(18)15-9-6-4-3-5-8(9)13(19)20;9-4-1-2-5-6(3-4)15-8(12,13)7(10,11)14-5/h3-9H,1-2H3,(H,26,29);3-6,19-20H,1-2H3,(H,15,18);1-3H. The molecule has 0 bridgehead atoms. The van der Waals surface area contributed by atoms with E-state index < -0.39 is 78.3 Å². The van der Waals surface area contributed by atoms with Crippen molar-refractivity contribution in [1.29, 1.82) is 0 Å². The minimum Gasteiger partial charge on any atom is -0.423 e. The summed E-state index contributed by atoms with van der Waals surface area (Å²) in [7, 11) is 1.01. The highest BCUT2D eigenvalue weighted by Gasteiger charge is 2.66. The minimum atomic E-state index is -4.86. The van der Waals surface area contributed by atoms with Gasteiger partial charge >= 0.3 is 31.6 Å². The number of aromatic nitrogens is 4. The lowest BCUT2D eigenvalue weighted by molar-refractivity contribution is -0.391. The zero-order valence-corrected chi connectivity index (χ0v) is 35.5. The summed E-state index contributed by atoms with van der Waals surface area (Å²) in [6.07, 6.45) is -19.0. The second kappa shape index (κ2) is 18.2. The number of ether oxygens (including phenoxy) is 4. The highest BCUT2D eigenvalue weighted by atomic mass is 79.9. The molecule has 4 aromatic carbocycles. The van der Waals surface area contributed by atoms with E-state index in [0.717, 1.165) is 33.6 Å². The Morgan fingerprint density at radius 1 is 0.606 bits per heavy atom. The van der Waals surface area contributed by atoms with Gasteiger partial charge < -0.3 is 39.6 Å². The Bertz CT molecular complexity index is 2830. The molecule has 4 heterocycles. The number of nitrogens with one attached hydrogen (secondary N) is 2. The van der Waals surface area contributed by atoms with E-state index in [1.54, 1.807) is 30.3 Å². The van der Waals surface area contributed by atoms with Gasteiger partial charge in [0.1, 0.15) is 11.1 Å². The number of amides is 2. The second-order valence-corrected chi connectivity index (χ2v) is 14.8. The molecule has 0 radical (unpaired) electrons. The van der Waals surface area contributed by atoms with Crippen molar-refractivity contribution in [2.24, 2.45) is 14.1 Å². The molecule has 0 saturated heterocycles. The number of rotatable bonds is 6. The van der Waals surface area contributed by atoms with Crippen LogP contribution < -0.4 is 35.0 Å². The van der Waals surface area contributed by atoms with Gasteiger partial charge in [-0.25, -0.2) is 9.36 Å². The van der Waals surface area contributed by atoms with E-state index in [1.165, 1.54) is 58.3 Å². The molecule has 0 unspecified atom stereocenters. The first kappa shape index (κ1) is 48.7. The highest BCUT2D eigenvalue weighted by molar-refractivity contribution is 9.10. The van der Waals surface area contributed by atoms with E-state index in [9.17, 15) is 63.5 Å². The van der Waals surface area contributed by atoms with Crippen LogP contribution in [-0.2, 0) is 14.1 Å². The first-order valence-electron chi connectivity index (χ1n) is 18.5. The largest absolute Gasteiger partial charge is 0.507 e. The smallest absolute Gasteiger partial charge is 0.423 e. The molecule has 348 valence electrons. The summed E-state index contributed by atoms with van der Waals surface area (Å²) >= 11 is 2.99. The van der Waals surface area contributed by atoms with Gasteiger partial charge in [-0.2, -0.15) is 54.1 Å². The summed E-state index contributed by atoms with van der Waals surface area (Å²) in [6.45, 7) is 2.99. The fourth-order valence-electron chi connectivity index (χ4n) is 6.10. The lowest BCUT2D eigenvalue weighted by atomic mass is 9.79. The van der Waals surface area contributed by atoms with Crippen LogP contribution in [0.1, 0.15) is 32.1 Å². The molecule has 0 aliphatic carbocycles. The first-order valence-corrected chi connectivity index (χ1v) is 19.3. The molecule has 26 heteroatoms. The molecule has 14 nitrogen and oxygen atoms in total. The van der Waals surface area contributed by atoms with Crippen LogP contribution in [0.2, 0.25) is 0 Å². The number of hydrogen-bond donors (Lipinski definition) is 4. The van der Waals surface area contributed by atoms with Crippen molar-refractivity contribution >= 4 is 51.7 Å². The molecule has 0 spiro atoms. The van der Waals surface area contributed by atoms with E-state index in [2.05, 4.69) is 55.7 Å². The molecular weight excluding hydrogens is 973 g/mol. The number of carbonyl (C=O) groups is 2. The maximum Gasteiger partial charge on any atom is 0.507 e. The maximum absolute atomic E-state index is 14.2. The second-order valence-electron chi connectivity index (χ2n) is 13.9. The van der Waals surface area contributed by atoms with E-state index in [-0.39, 0.29) is 44.9 Å². The zero-order valence-electron chi connectivity index (χ0n) is 34.0. The molecule has 66 heavy (non-hydrogen) atoms. The van der Waals surface area contributed by atoms with Gasteiger partial charge in [-0.15, -0.1) is 0 Å². The summed E-state index contributed by atoms with van der Waals surface area (Å²) in [4.78, 5) is 24.7. The zero-order chi connectivity index (χ0) is 48.7. The Hall–Kier alpha value is -6.80. The van der Waals surface area contributed by atoms with E-state index in [4.69, 9.17) is 0 Å². The van der Waals surface area contributed by atoms with Crippen LogP contribution in [0.3, 0.4) is 0 Å². The van der Waals surface area contributed by atoms with Gasteiger partial charge in [0, 0.05) is 41.0 Å². The number of halogens is 11. The molecule has 2 aliphatic rings. The molecule has 0 saturated carbocycles. The third-order valence-corrected chi connectivity index (χ3v) is 9.70. The number of alkyl halides is 8. The van der Waals surface area contributed by atoms with Crippen molar-refractivity contribution < 1.29 is 82.5 Å². The van der Waals surface area contributed by atoms with Crippen molar-refractivity contribution in [3.8, 4) is 34.1 Å². The van der Waals surface area contributed by atoms with Crippen LogP contribution in [0.4, 0.5) is 55.3 Å². The topological polar surface area (TPSA) is 171 Å². The fourth-order valence-corrected chi connectivity index (χ4v) is 6.44. The Morgan fingerprint density at radius 3 is 1.48 bits per heavy atom. The molecule has 2 amide bonds. The van der Waals surface area contributed by atoms with Gasteiger partial charge in [0.05, 0.1) is 11.4 Å². The van der Waals surface area contributed by atoms with Crippen molar-refractivity contribution in [2.45, 2.75) is 38.3 Å². The lowest BCUT2D eigenvalue weighted by Crippen LogP contribution is -2.52. The molecule has 0 atom stereocenters. The van der Waals surface area contributed by atoms with Gasteiger partial charge in [0.15, 0.2) is 23.0 Å². The summed E-state index contributed by atoms with van der Waals surface area (Å²) < 4.78 is 151. The van der Waals surface area contributed by atoms with Gasteiger partial charge in [-0.05, 0) is 61.9 Å². The van der Waals surface area contributed by atoms with Crippen molar-refractivity contribution in [1.82, 2.24) is 19.6 Å². The monoisotopic (exact) mass is 1000 g/mol. The number of para-hydroxylation sites is 2. The first-order chi connectivity index (χ1) is 30.7. The van der Waals surface area contributed by atoms with Gasteiger partial charge in [0.2, 0.25) is 11.9 Å². The Morgan fingerprint density at radius 2 is 1.02 bits per heavy atom. The van der Waals surface area contributed by atoms with Crippen LogP contribution in [0.5, 0.6) is 23.0 Å². The Balaban J connectivity index is 0.000000177. The summed E-state index contributed by atoms with van der Waals surface area (Å²) in [6, 6.07) is 19.5. The SMILES string of the molecule is Cc1nn(C)c(F)c1C(=O)Nc1ccccc1-c1ccc2c(c1)OC(F)(F)C(F)(F)O2.Cc1nn(C)c(F)c1C(=O)Nc1ccccc1B(O)O.FC1(F)Oc2ccc(Br)cc2OC1(F)F. The average molecular weight is 1000 g/mol. The number of aryl methyl sites for hydroxylation is 4. The molecule has 8 rings (SSSR count). The molecule has 2 aliphatic heterocycles. The Labute approximate surface area is 373 Å². The predicted molar refractivity (Wildman–Crippen MR) is 216 cm³/mol. The predicted octanol–water partition coefficient (Wildman–Crippen LogP) is 7.95. The number of carbonyl (C=O) groups excluding carboxylic acids is 2. The number of benzene rings is 4. The van der Waals surface area contributed by atoms with E-state index in [1.807, 2.05) is 0 Å². The van der Waals surface area contributed by atoms with E-state index >= 15 is 0 Å². The lowest BCUT2D eigenvalue weighted by Gasteiger charge is -2.32. The van der Waals surface area contributed by atoms with E-state index in [0.29, 0.717) is 10.0 Å². The number of hydrogen-bond acceptors (Lipinski definition) is 10. The molecule has 2 aromatic heterocycles. The quantitative estimate of drug-likeness (QED) is 0.0949. The van der Waals surface area contributed by atoms with Crippen LogP contribution in [0, 0.1) is 25.7 Å². The van der Waals surface area contributed by atoms with Gasteiger partial charge in [-0.3, -0.25) is 9.59 Å². The van der Waals surface area contributed by atoms with Gasteiger partial charge in [-0.1, -0.05) is 58.4 Å². The molecule has 0 fully saturated rings. The molecule has 4 N–H and O–H groups in total. The number of nitrogens with zero attached hydrogens (tertiary/aromatic N) is 4. The Kier molecular flexibility index (Phi) is 13.4. The molecular formula is C40H30BBrF10N6O8. The van der Waals surface area contributed by atoms with Crippen LogP contribution in [0.25, 0.3) is 11.1 Å². The summed E-state index contributed by atoms with van der Waals surface area (Å²) in [5.41, 5.74) is 1.19. The maximum atomic E-state index is 14.2. The minimum absolute atomic E-state index is 0.128. The highest BCUT2D eigenvalue weighted by Crippen LogP contribution is 2.49. The number of fused-ring (bicyclic) bond motifs is 2. The third-order valence-electron chi connectivity index (χ3n) is 9.21. The summed E-state index contributed by atoms with van der Waals surface area (Å²) in [5, 5.41) is 31.1. The van der Waals surface area contributed by atoms with Crippen molar-refractivity contribution in [3.63, 3.8) is 0 Å².